The number of aromatic nitrogens is 2. The highest BCUT2D eigenvalue weighted by molar-refractivity contribution is 6.07. The Hall–Kier alpha value is -3.99. The molecule has 2 N–H and O–H groups in total. The highest BCUT2D eigenvalue weighted by Crippen LogP contribution is 2.35. The van der Waals surface area contributed by atoms with E-state index in [0.717, 1.165) is 6.07 Å². The number of benzene rings is 2. The molecule has 2 aromatic carbocycles. The van der Waals surface area contributed by atoms with Crippen molar-refractivity contribution in [1.82, 2.24) is 14.7 Å². The van der Waals surface area contributed by atoms with Crippen LogP contribution in [0.25, 0.3) is 11.3 Å². The Labute approximate surface area is 210 Å². The van der Waals surface area contributed by atoms with Gasteiger partial charge in [0.2, 0.25) is 5.91 Å². The fraction of sp³-hybridized carbons (Fsp3) is 0.269. The molecule has 1 aliphatic rings. The maximum absolute atomic E-state index is 13.9. The minimum absolute atomic E-state index is 0.0242. The van der Waals surface area contributed by atoms with Gasteiger partial charge in [-0.2, -0.15) is 18.3 Å². The molecule has 7 nitrogen and oxygen atoms in total. The topological polar surface area (TPSA) is 87.5 Å². The van der Waals surface area contributed by atoms with Gasteiger partial charge in [0.15, 0.2) is 0 Å². The SMILES string of the molecule is Cc1ccc(-c2cc(C(F)(F)F)n(CCO)n2)cc1NC(=O)C1=CN(C)C(=O)CC1c1cccc(F)c1. The van der Waals surface area contributed by atoms with Crippen molar-refractivity contribution < 1.29 is 32.3 Å². The summed E-state index contributed by atoms with van der Waals surface area (Å²) in [6.07, 6.45) is -3.28. The van der Waals surface area contributed by atoms with Gasteiger partial charge < -0.3 is 15.3 Å². The zero-order valence-corrected chi connectivity index (χ0v) is 20.0. The molecule has 0 spiro atoms. The Bertz CT molecular complexity index is 1380. The van der Waals surface area contributed by atoms with Crippen LogP contribution in [0.5, 0.6) is 0 Å². The second kappa shape index (κ2) is 10.2. The number of rotatable bonds is 6. The van der Waals surface area contributed by atoms with E-state index in [1.807, 2.05) is 0 Å². The Balaban J connectivity index is 1.67. The average molecular weight is 516 g/mol. The monoisotopic (exact) mass is 516 g/mol. The van der Waals surface area contributed by atoms with E-state index in [9.17, 15) is 27.2 Å². The van der Waals surface area contributed by atoms with E-state index in [-0.39, 0.29) is 30.1 Å². The molecule has 4 rings (SSSR count). The van der Waals surface area contributed by atoms with Gasteiger partial charge in [-0.05, 0) is 42.3 Å². The second-order valence-corrected chi connectivity index (χ2v) is 8.74. The molecule has 0 radical (unpaired) electrons. The molecule has 2 heterocycles. The van der Waals surface area contributed by atoms with Crippen LogP contribution in [0.2, 0.25) is 0 Å². The number of carbonyl (C=O) groups excluding carboxylic acids is 2. The summed E-state index contributed by atoms with van der Waals surface area (Å²) in [5, 5.41) is 15.9. The molecule has 194 valence electrons. The number of halogens is 4. The largest absolute Gasteiger partial charge is 0.433 e. The summed E-state index contributed by atoms with van der Waals surface area (Å²) in [4.78, 5) is 27.0. The molecule has 3 aromatic rings. The molecule has 1 aliphatic heterocycles. The zero-order valence-electron chi connectivity index (χ0n) is 20.0. The maximum atomic E-state index is 13.9. The van der Waals surface area contributed by atoms with Gasteiger partial charge in [0.25, 0.3) is 5.91 Å². The summed E-state index contributed by atoms with van der Waals surface area (Å²) in [6, 6.07) is 11.3. The molecule has 1 atom stereocenters. The van der Waals surface area contributed by atoms with Gasteiger partial charge in [-0.25, -0.2) is 4.39 Å². The van der Waals surface area contributed by atoms with Gasteiger partial charge in [-0.3, -0.25) is 14.3 Å². The first-order chi connectivity index (χ1) is 17.5. The van der Waals surface area contributed by atoms with Crippen LogP contribution in [0.4, 0.5) is 23.2 Å². The second-order valence-electron chi connectivity index (χ2n) is 8.74. The van der Waals surface area contributed by atoms with E-state index in [4.69, 9.17) is 5.11 Å². The van der Waals surface area contributed by atoms with Crippen LogP contribution < -0.4 is 5.32 Å². The van der Waals surface area contributed by atoms with Crippen LogP contribution in [0.3, 0.4) is 0 Å². The molecule has 2 amide bonds. The Morgan fingerprint density at radius 3 is 2.62 bits per heavy atom. The summed E-state index contributed by atoms with van der Waals surface area (Å²) in [5.74, 6) is -1.93. The maximum Gasteiger partial charge on any atom is 0.433 e. The third-order valence-electron chi connectivity index (χ3n) is 6.16. The van der Waals surface area contributed by atoms with Gasteiger partial charge in [0.1, 0.15) is 11.5 Å². The molecule has 11 heteroatoms. The van der Waals surface area contributed by atoms with E-state index >= 15 is 0 Å². The van der Waals surface area contributed by atoms with Crippen molar-refractivity contribution in [3.8, 4) is 11.3 Å². The minimum atomic E-state index is -4.66. The summed E-state index contributed by atoms with van der Waals surface area (Å²) in [5.41, 5.74) is 1.05. The predicted molar refractivity (Wildman–Crippen MR) is 128 cm³/mol. The number of hydrogen-bond donors (Lipinski definition) is 2. The van der Waals surface area contributed by atoms with Crippen molar-refractivity contribution in [1.29, 1.82) is 0 Å². The molecule has 1 aromatic heterocycles. The van der Waals surface area contributed by atoms with Crippen molar-refractivity contribution in [2.75, 3.05) is 19.0 Å². The first kappa shape index (κ1) is 26.1. The van der Waals surface area contributed by atoms with Gasteiger partial charge in [0, 0.05) is 42.4 Å². The molecule has 0 aliphatic carbocycles. The molecule has 1 unspecified atom stereocenters. The lowest BCUT2D eigenvalue weighted by Crippen LogP contribution is -2.33. The number of nitrogens with one attached hydrogen (secondary N) is 1. The van der Waals surface area contributed by atoms with Gasteiger partial charge in [-0.1, -0.05) is 24.3 Å². The lowest BCUT2D eigenvalue weighted by atomic mass is 9.85. The van der Waals surface area contributed by atoms with E-state index in [1.165, 1.54) is 42.4 Å². The molecular weight excluding hydrogens is 492 g/mol. The number of aliphatic hydroxyl groups excluding tert-OH is 1. The van der Waals surface area contributed by atoms with Crippen molar-refractivity contribution >= 4 is 17.5 Å². The van der Waals surface area contributed by atoms with E-state index < -0.39 is 36.1 Å². The number of aliphatic hydroxyl groups is 1. The molecule has 0 fully saturated rings. The van der Waals surface area contributed by atoms with Crippen LogP contribution in [0.15, 0.2) is 60.3 Å². The summed E-state index contributed by atoms with van der Waals surface area (Å²) in [6.45, 7) is 0.879. The average Bonchev–Trinajstić information content (AvgIpc) is 3.27. The number of alkyl halides is 3. The Kier molecular flexibility index (Phi) is 7.17. The van der Waals surface area contributed by atoms with Crippen molar-refractivity contribution in [3.05, 3.63) is 82.9 Å². The van der Waals surface area contributed by atoms with Crippen molar-refractivity contribution in [2.45, 2.75) is 32.0 Å². The Morgan fingerprint density at radius 1 is 1.19 bits per heavy atom. The summed E-state index contributed by atoms with van der Waals surface area (Å²) >= 11 is 0. The lowest BCUT2D eigenvalue weighted by Gasteiger charge is -2.28. The molecule has 0 bridgehead atoms. The van der Waals surface area contributed by atoms with Gasteiger partial charge in [0.05, 0.1) is 18.8 Å². The third kappa shape index (κ3) is 5.56. The van der Waals surface area contributed by atoms with E-state index in [0.29, 0.717) is 27.1 Å². The van der Waals surface area contributed by atoms with Crippen LogP contribution in [-0.4, -0.2) is 45.3 Å². The molecule has 37 heavy (non-hydrogen) atoms. The molecular formula is C26H24F4N4O3. The van der Waals surface area contributed by atoms with Crippen LogP contribution in [0, 0.1) is 12.7 Å². The standard InChI is InChI=1S/C26H24F4N4O3/c1-15-6-7-17(22-13-23(26(28,29)30)34(32-22)8-9-35)11-21(15)31-25(37)20-14-33(2)24(36)12-19(20)16-4-3-5-18(27)10-16/h3-7,10-11,13-14,19,35H,8-9,12H2,1-2H3,(H,31,37). The minimum Gasteiger partial charge on any atom is -0.394 e. The smallest absolute Gasteiger partial charge is 0.394 e. The van der Waals surface area contributed by atoms with Crippen molar-refractivity contribution in [2.24, 2.45) is 0 Å². The number of aryl methyl sites for hydroxylation is 1. The van der Waals surface area contributed by atoms with E-state index in [1.54, 1.807) is 25.1 Å². The number of amides is 2. The number of nitrogens with zero attached hydrogens (tertiary/aromatic N) is 3. The zero-order chi connectivity index (χ0) is 26.9. The molecule has 0 saturated heterocycles. The predicted octanol–water partition coefficient (Wildman–Crippen LogP) is 4.48. The molecule has 0 saturated carbocycles. The highest BCUT2D eigenvalue weighted by Gasteiger charge is 2.36. The Morgan fingerprint density at radius 2 is 1.95 bits per heavy atom. The highest BCUT2D eigenvalue weighted by atomic mass is 19.4. The number of anilines is 1. The van der Waals surface area contributed by atoms with Crippen LogP contribution >= 0.6 is 0 Å². The summed E-state index contributed by atoms with van der Waals surface area (Å²) < 4.78 is 54.8. The van der Waals surface area contributed by atoms with Crippen molar-refractivity contribution in [3.63, 3.8) is 0 Å². The normalized spacial score (nSPS) is 16.1. The van der Waals surface area contributed by atoms with E-state index in [2.05, 4.69) is 10.4 Å². The fourth-order valence-electron chi connectivity index (χ4n) is 4.20. The van der Waals surface area contributed by atoms with Crippen LogP contribution in [-0.2, 0) is 22.3 Å². The van der Waals surface area contributed by atoms with Gasteiger partial charge >= 0.3 is 6.18 Å². The van der Waals surface area contributed by atoms with Gasteiger partial charge in [-0.15, -0.1) is 0 Å². The number of hydrogen-bond acceptors (Lipinski definition) is 4. The number of carbonyl (C=O) groups is 2. The first-order valence-electron chi connectivity index (χ1n) is 11.4. The fourth-order valence-corrected chi connectivity index (χ4v) is 4.20. The van der Waals surface area contributed by atoms with Crippen LogP contribution in [0.1, 0.15) is 29.2 Å². The first-order valence-corrected chi connectivity index (χ1v) is 11.4. The summed E-state index contributed by atoms with van der Waals surface area (Å²) in [7, 11) is 1.52. The third-order valence-corrected chi connectivity index (χ3v) is 6.16. The lowest BCUT2D eigenvalue weighted by molar-refractivity contribution is -0.144. The quantitative estimate of drug-likeness (QED) is 0.473.